The maximum Gasteiger partial charge on any atom is 0.205 e. The topological polar surface area (TPSA) is 174 Å². The van der Waals surface area contributed by atoms with Crippen LogP contribution in [0.25, 0.3) is 0 Å². The molecular formula is C22H18O10. The first-order valence-corrected chi connectivity index (χ1v) is 8.95. The van der Waals surface area contributed by atoms with Crippen molar-refractivity contribution in [1.82, 2.24) is 0 Å². The second-order valence-electron chi connectivity index (χ2n) is 6.58. The molecule has 0 radical (unpaired) electrons. The van der Waals surface area contributed by atoms with E-state index in [4.69, 9.17) is 9.47 Å². The van der Waals surface area contributed by atoms with Crippen LogP contribution >= 0.6 is 0 Å². The number of phenolic OH excluding ortho intramolecular Hbond substituents is 6. The van der Waals surface area contributed by atoms with Gasteiger partial charge in [-0.15, -0.1) is 0 Å². The van der Waals surface area contributed by atoms with Gasteiger partial charge in [-0.2, -0.15) is 0 Å². The quantitative estimate of drug-likeness (QED) is 0.246. The molecule has 0 saturated carbocycles. The maximum atomic E-state index is 12.8. The molecule has 32 heavy (non-hydrogen) atoms. The van der Waals surface area contributed by atoms with Crippen molar-refractivity contribution >= 4 is 11.6 Å². The lowest BCUT2D eigenvalue weighted by Crippen LogP contribution is -2.06. The van der Waals surface area contributed by atoms with Crippen molar-refractivity contribution in [1.29, 1.82) is 0 Å². The summed E-state index contributed by atoms with van der Waals surface area (Å²) in [6, 6.07) is 7.16. The van der Waals surface area contributed by atoms with E-state index in [2.05, 4.69) is 0 Å². The van der Waals surface area contributed by atoms with Crippen molar-refractivity contribution < 1.29 is 49.7 Å². The molecule has 166 valence electrons. The van der Waals surface area contributed by atoms with Crippen molar-refractivity contribution in [3.05, 3.63) is 58.7 Å². The van der Waals surface area contributed by atoms with E-state index < -0.39 is 46.1 Å². The summed E-state index contributed by atoms with van der Waals surface area (Å²) in [5.41, 5.74) is -0.636. The Hall–Kier alpha value is -4.60. The number of aromatic hydroxyl groups is 6. The number of carbonyl (C=O) groups is 2. The predicted molar refractivity (Wildman–Crippen MR) is 109 cm³/mol. The minimum Gasteiger partial charge on any atom is -0.504 e. The number of phenols is 6. The minimum atomic E-state index is -0.920. The highest BCUT2D eigenvalue weighted by molar-refractivity contribution is 6.14. The fourth-order valence-corrected chi connectivity index (χ4v) is 2.99. The first kappa shape index (κ1) is 22.1. The van der Waals surface area contributed by atoms with Crippen LogP contribution in [0.2, 0.25) is 0 Å². The summed E-state index contributed by atoms with van der Waals surface area (Å²) in [7, 11) is 2.40. The number of benzene rings is 3. The Bertz CT molecular complexity index is 1130. The molecule has 0 aliphatic heterocycles. The van der Waals surface area contributed by atoms with Crippen LogP contribution in [0.3, 0.4) is 0 Å². The molecule has 0 fully saturated rings. The van der Waals surface area contributed by atoms with Gasteiger partial charge in [-0.25, -0.2) is 0 Å². The van der Waals surface area contributed by atoms with Gasteiger partial charge >= 0.3 is 0 Å². The largest absolute Gasteiger partial charge is 0.504 e. The second kappa shape index (κ2) is 8.26. The SMILES string of the molecule is COc1cc(C(=O)c2ccc(C(=O)c3cc(OC)c(O)c(O)c3O)cc2)c(O)c(O)c1O. The van der Waals surface area contributed by atoms with E-state index >= 15 is 0 Å². The number of hydrogen-bond acceptors (Lipinski definition) is 10. The molecule has 0 unspecified atom stereocenters. The lowest BCUT2D eigenvalue weighted by atomic mass is 9.97. The average Bonchev–Trinajstić information content (AvgIpc) is 2.81. The summed E-state index contributed by atoms with van der Waals surface area (Å²) < 4.78 is 9.73. The number of methoxy groups -OCH3 is 2. The van der Waals surface area contributed by atoms with Gasteiger partial charge in [0.15, 0.2) is 34.6 Å². The van der Waals surface area contributed by atoms with Gasteiger partial charge in [-0.1, -0.05) is 24.3 Å². The summed E-state index contributed by atoms with van der Waals surface area (Å²) in [5, 5.41) is 59.1. The molecule has 3 aromatic rings. The molecule has 0 atom stereocenters. The number of carbonyl (C=O) groups excluding carboxylic acids is 2. The molecule has 10 nitrogen and oxygen atoms in total. The van der Waals surface area contributed by atoms with Gasteiger partial charge in [0.2, 0.25) is 23.0 Å². The Morgan fingerprint density at radius 3 is 1.16 bits per heavy atom. The number of rotatable bonds is 6. The highest BCUT2D eigenvalue weighted by Crippen LogP contribution is 2.46. The average molecular weight is 442 g/mol. The molecule has 0 amide bonds. The Morgan fingerprint density at radius 1 is 0.562 bits per heavy atom. The van der Waals surface area contributed by atoms with Crippen LogP contribution in [0.1, 0.15) is 31.8 Å². The van der Waals surface area contributed by atoms with E-state index in [1.54, 1.807) is 0 Å². The molecule has 0 aliphatic carbocycles. The van der Waals surface area contributed by atoms with Crippen LogP contribution in [0.5, 0.6) is 46.0 Å². The summed E-state index contributed by atoms with van der Waals surface area (Å²) >= 11 is 0. The van der Waals surface area contributed by atoms with Crippen molar-refractivity contribution in [3.8, 4) is 46.0 Å². The third-order valence-corrected chi connectivity index (χ3v) is 4.76. The van der Waals surface area contributed by atoms with Crippen molar-refractivity contribution in [2.24, 2.45) is 0 Å². The third kappa shape index (κ3) is 3.54. The lowest BCUT2D eigenvalue weighted by molar-refractivity contribution is 0.102. The van der Waals surface area contributed by atoms with E-state index in [0.29, 0.717) is 0 Å². The van der Waals surface area contributed by atoms with Crippen LogP contribution in [-0.4, -0.2) is 56.4 Å². The van der Waals surface area contributed by atoms with E-state index in [1.807, 2.05) is 0 Å². The van der Waals surface area contributed by atoms with Crippen molar-refractivity contribution in [2.75, 3.05) is 14.2 Å². The van der Waals surface area contributed by atoms with E-state index in [9.17, 15) is 40.2 Å². The molecule has 0 aromatic heterocycles. The Morgan fingerprint density at radius 2 is 0.875 bits per heavy atom. The normalized spacial score (nSPS) is 10.6. The molecule has 0 saturated heterocycles. The number of hydrogen-bond donors (Lipinski definition) is 6. The van der Waals surface area contributed by atoms with E-state index in [-0.39, 0.29) is 33.8 Å². The second-order valence-corrected chi connectivity index (χ2v) is 6.58. The summed E-state index contributed by atoms with van der Waals surface area (Å²) in [6.07, 6.45) is 0. The summed E-state index contributed by atoms with van der Waals surface area (Å²) in [5.74, 6) is -6.91. The van der Waals surface area contributed by atoms with Crippen LogP contribution in [0, 0.1) is 0 Å². The Kier molecular flexibility index (Phi) is 5.71. The molecule has 6 N–H and O–H groups in total. The van der Waals surface area contributed by atoms with Crippen LogP contribution in [-0.2, 0) is 0 Å². The van der Waals surface area contributed by atoms with Gasteiger partial charge in [0, 0.05) is 11.1 Å². The van der Waals surface area contributed by atoms with Crippen LogP contribution in [0.4, 0.5) is 0 Å². The molecule has 0 aliphatic rings. The monoisotopic (exact) mass is 442 g/mol. The van der Waals surface area contributed by atoms with E-state index in [1.165, 1.54) is 38.5 Å². The first-order chi connectivity index (χ1) is 15.1. The van der Waals surface area contributed by atoms with Gasteiger partial charge < -0.3 is 40.1 Å². The zero-order valence-corrected chi connectivity index (χ0v) is 16.8. The fourth-order valence-electron chi connectivity index (χ4n) is 2.99. The van der Waals surface area contributed by atoms with Gasteiger partial charge in [-0.3, -0.25) is 9.59 Å². The van der Waals surface area contributed by atoms with Crippen LogP contribution in [0.15, 0.2) is 36.4 Å². The highest BCUT2D eigenvalue weighted by Gasteiger charge is 2.25. The standard InChI is InChI=1S/C22H18O10/c1-31-13-7-11(17(25)21(29)19(13)27)15(23)9-3-5-10(6-4-9)16(24)12-8-14(32-2)20(28)22(30)18(12)26/h3-8,25-30H,1-2H3. The van der Waals surface area contributed by atoms with Crippen LogP contribution < -0.4 is 9.47 Å². The Labute approximate surface area is 180 Å². The maximum absolute atomic E-state index is 12.8. The lowest BCUT2D eigenvalue weighted by Gasteiger charge is -2.12. The molecule has 0 heterocycles. The predicted octanol–water partition coefficient (Wildman–Crippen LogP) is 2.40. The Balaban J connectivity index is 1.97. The fraction of sp³-hybridized carbons (Fsp3) is 0.0909. The molecule has 10 heteroatoms. The zero-order valence-electron chi connectivity index (χ0n) is 16.8. The van der Waals surface area contributed by atoms with Crippen molar-refractivity contribution in [3.63, 3.8) is 0 Å². The number of ketones is 2. The first-order valence-electron chi connectivity index (χ1n) is 8.95. The van der Waals surface area contributed by atoms with Gasteiger partial charge in [-0.05, 0) is 12.1 Å². The molecule has 3 rings (SSSR count). The smallest absolute Gasteiger partial charge is 0.205 e. The van der Waals surface area contributed by atoms with Gasteiger partial charge in [0.25, 0.3) is 0 Å². The highest BCUT2D eigenvalue weighted by atomic mass is 16.5. The summed E-state index contributed by atoms with van der Waals surface area (Å²) in [6.45, 7) is 0. The third-order valence-electron chi connectivity index (χ3n) is 4.76. The van der Waals surface area contributed by atoms with Gasteiger partial charge in [0.05, 0.1) is 25.3 Å². The zero-order chi connectivity index (χ0) is 23.7. The van der Waals surface area contributed by atoms with Gasteiger partial charge in [0.1, 0.15) is 0 Å². The minimum absolute atomic E-state index is 0.0272. The molecule has 0 bridgehead atoms. The van der Waals surface area contributed by atoms with Crippen molar-refractivity contribution in [2.45, 2.75) is 0 Å². The van der Waals surface area contributed by atoms with E-state index in [0.717, 1.165) is 12.1 Å². The molecular weight excluding hydrogens is 424 g/mol. The number of ether oxygens (including phenoxy) is 2. The molecule has 3 aromatic carbocycles. The molecule has 0 spiro atoms. The summed E-state index contributed by atoms with van der Waals surface area (Å²) in [4.78, 5) is 25.5.